The summed E-state index contributed by atoms with van der Waals surface area (Å²) < 4.78 is -1.31. The van der Waals surface area contributed by atoms with Crippen molar-refractivity contribution in [3.63, 3.8) is 0 Å². The Balaban J connectivity index is 1.31. The number of rotatable bonds is 5. The molecule has 2 N–H and O–H groups in total. The summed E-state index contributed by atoms with van der Waals surface area (Å²) in [6.07, 6.45) is 0. The summed E-state index contributed by atoms with van der Waals surface area (Å²) in [6.45, 7) is 1.71. The molecule has 0 radical (unpaired) electrons. The maximum absolute atomic E-state index is 13.1. The van der Waals surface area contributed by atoms with Crippen molar-refractivity contribution in [2.45, 2.75) is 23.3 Å². The van der Waals surface area contributed by atoms with E-state index in [1.165, 1.54) is 17.2 Å². The second-order valence-electron chi connectivity index (χ2n) is 9.13. The average Bonchev–Trinajstić information content (AvgIpc) is 3.18. The molecule has 36 heavy (non-hydrogen) atoms. The molecule has 1 saturated carbocycles. The number of hydrogen-bond acceptors (Lipinski definition) is 3. The first-order valence-corrected chi connectivity index (χ1v) is 13.0. The molecule has 3 aromatic rings. The van der Waals surface area contributed by atoms with Gasteiger partial charge in [-0.15, -0.1) is 23.2 Å². The molecule has 1 aliphatic heterocycles. The zero-order valence-corrected chi connectivity index (χ0v) is 22.7. The monoisotopic (exact) mass is 581 g/mol. The summed E-state index contributed by atoms with van der Waals surface area (Å²) in [6, 6.07) is 15.5. The van der Waals surface area contributed by atoms with Gasteiger partial charge in [-0.25, -0.2) is 0 Å². The Morgan fingerprint density at radius 3 is 2.22 bits per heavy atom. The van der Waals surface area contributed by atoms with Gasteiger partial charge in [-0.3, -0.25) is 14.5 Å². The molecule has 0 spiro atoms. The van der Waals surface area contributed by atoms with Crippen LogP contribution in [0.4, 0.5) is 11.4 Å². The van der Waals surface area contributed by atoms with Crippen molar-refractivity contribution in [3.8, 4) is 0 Å². The highest BCUT2D eigenvalue weighted by molar-refractivity contribution is 6.53. The van der Waals surface area contributed by atoms with Crippen molar-refractivity contribution in [1.29, 1.82) is 0 Å². The molecule has 10 heteroatoms. The van der Waals surface area contributed by atoms with E-state index in [1.807, 2.05) is 25.2 Å². The van der Waals surface area contributed by atoms with Gasteiger partial charge in [0.2, 0.25) is 5.91 Å². The van der Waals surface area contributed by atoms with Crippen LogP contribution in [0.1, 0.15) is 33.0 Å². The minimum absolute atomic E-state index is 0.226. The number of hydrogen-bond donors (Lipinski definition) is 2. The smallest absolute Gasteiger partial charge is 0.257 e. The second kappa shape index (κ2) is 9.71. The summed E-state index contributed by atoms with van der Waals surface area (Å²) in [4.78, 5) is 28.2. The Hall–Kier alpha value is -1.99. The zero-order chi connectivity index (χ0) is 25.8. The third kappa shape index (κ3) is 5.06. The molecule has 0 aromatic heterocycles. The third-order valence-electron chi connectivity index (χ3n) is 6.40. The minimum Gasteiger partial charge on any atom is -0.326 e. The molecule has 1 fully saturated rings. The van der Waals surface area contributed by atoms with Gasteiger partial charge in [-0.05, 0) is 72.3 Å². The fourth-order valence-electron chi connectivity index (χ4n) is 4.66. The summed E-state index contributed by atoms with van der Waals surface area (Å²) in [7, 11) is 2.05. The van der Waals surface area contributed by atoms with E-state index in [0.717, 1.165) is 13.1 Å². The van der Waals surface area contributed by atoms with Crippen LogP contribution < -0.4 is 10.6 Å². The van der Waals surface area contributed by atoms with E-state index in [0.29, 0.717) is 27.0 Å². The van der Waals surface area contributed by atoms with Crippen LogP contribution in [0.5, 0.6) is 0 Å². The van der Waals surface area contributed by atoms with Crippen LogP contribution in [-0.4, -0.2) is 28.1 Å². The second-order valence-corrected chi connectivity index (χ2v) is 11.9. The van der Waals surface area contributed by atoms with Crippen LogP contribution in [-0.2, 0) is 17.9 Å². The summed E-state index contributed by atoms with van der Waals surface area (Å²) >= 11 is 31.4. The molecule has 5 rings (SSSR count). The predicted octanol–water partition coefficient (Wildman–Crippen LogP) is 7.37. The van der Waals surface area contributed by atoms with E-state index in [4.69, 9.17) is 58.0 Å². The molecule has 0 bridgehead atoms. The molecule has 2 unspecified atom stereocenters. The van der Waals surface area contributed by atoms with E-state index < -0.39 is 22.1 Å². The molecule has 2 atom stereocenters. The summed E-state index contributed by atoms with van der Waals surface area (Å²) in [5.41, 5.74) is 4.39. The fourth-order valence-corrected chi connectivity index (χ4v) is 6.23. The lowest BCUT2D eigenvalue weighted by atomic mass is 10.1. The highest BCUT2D eigenvalue weighted by Crippen LogP contribution is 2.65. The topological polar surface area (TPSA) is 61.4 Å². The fraction of sp³-hybridized carbons (Fsp3) is 0.231. The van der Waals surface area contributed by atoms with Crippen LogP contribution in [0.25, 0.3) is 0 Å². The summed E-state index contributed by atoms with van der Waals surface area (Å²) in [5, 5.41) is 6.80. The van der Waals surface area contributed by atoms with Crippen LogP contribution in [0.15, 0.2) is 54.6 Å². The maximum Gasteiger partial charge on any atom is 0.257 e. The van der Waals surface area contributed by atoms with Crippen molar-refractivity contribution >= 4 is 81.2 Å². The standard InChI is InChI=1S/C26H20Cl5N3O2/c1-34-11-13-2-3-18(8-15(13)12-34)32-24(35)20-10-19(4-5-21(20)29)33-25(36)23-22(26(23,30)31)14-6-16(27)9-17(28)7-14/h2-10,22-23H,11-12H2,1H3,(H,32,35)(H,33,36). The van der Waals surface area contributed by atoms with Gasteiger partial charge in [0.05, 0.1) is 16.5 Å². The lowest BCUT2D eigenvalue weighted by Gasteiger charge is -2.11. The first-order valence-electron chi connectivity index (χ1n) is 11.1. The number of alkyl halides is 2. The van der Waals surface area contributed by atoms with E-state index in [-0.39, 0.29) is 16.5 Å². The van der Waals surface area contributed by atoms with Gasteiger partial charge in [0, 0.05) is 40.4 Å². The normalized spacial score (nSPS) is 20.1. The molecule has 2 amide bonds. The zero-order valence-electron chi connectivity index (χ0n) is 18.9. The molecule has 1 heterocycles. The first kappa shape index (κ1) is 25.7. The van der Waals surface area contributed by atoms with Crippen LogP contribution in [0, 0.1) is 5.92 Å². The highest BCUT2D eigenvalue weighted by Gasteiger charge is 2.67. The number of carbonyl (C=O) groups is 2. The van der Waals surface area contributed by atoms with Gasteiger partial charge in [-0.2, -0.15) is 0 Å². The summed E-state index contributed by atoms with van der Waals surface area (Å²) in [5.74, 6) is -1.99. The first-order chi connectivity index (χ1) is 17.0. The number of anilines is 2. The van der Waals surface area contributed by atoms with E-state index in [1.54, 1.807) is 30.3 Å². The Morgan fingerprint density at radius 1 is 0.861 bits per heavy atom. The quantitative estimate of drug-likeness (QED) is 0.308. The minimum atomic E-state index is -1.31. The third-order valence-corrected chi connectivity index (χ3v) is 8.11. The van der Waals surface area contributed by atoms with Crippen molar-refractivity contribution in [2.24, 2.45) is 5.92 Å². The van der Waals surface area contributed by atoms with E-state index in [2.05, 4.69) is 15.5 Å². The van der Waals surface area contributed by atoms with Crippen molar-refractivity contribution in [1.82, 2.24) is 4.90 Å². The van der Waals surface area contributed by atoms with Gasteiger partial charge < -0.3 is 10.6 Å². The number of benzene rings is 3. The Kier molecular flexibility index (Phi) is 6.92. The van der Waals surface area contributed by atoms with Crippen LogP contribution in [0.3, 0.4) is 0 Å². The molecule has 2 aliphatic rings. The molecule has 1 aliphatic carbocycles. The Labute approximate surface area is 233 Å². The van der Waals surface area contributed by atoms with Gasteiger partial charge in [0.1, 0.15) is 4.33 Å². The number of carbonyl (C=O) groups excluding carboxylic acids is 2. The maximum atomic E-state index is 13.1. The van der Waals surface area contributed by atoms with Gasteiger partial charge in [0.15, 0.2) is 0 Å². The van der Waals surface area contributed by atoms with E-state index in [9.17, 15) is 9.59 Å². The van der Waals surface area contributed by atoms with Gasteiger partial charge >= 0.3 is 0 Å². The van der Waals surface area contributed by atoms with Gasteiger partial charge in [0.25, 0.3) is 5.91 Å². The van der Waals surface area contributed by atoms with Crippen molar-refractivity contribution in [2.75, 3.05) is 17.7 Å². The molecule has 186 valence electrons. The number of amides is 2. The number of fused-ring (bicyclic) bond motifs is 1. The number of nitrogens with zero attached hydrogens (tertiary/aromatic N) is 1. The Morgan fingerprint density at radius 2 is 1.50 bits per heavy atom. The average molecular weight is 584 g/mol. The molecular formula is C26H20Cl5N3O2. The SMILES string of the molecule is CN1Cc2ccc(NC(=O)c3cc(NC(=O)C4C(c5cc(Cl)cc(Cl)c5)C4(Cl)Cl)ccc3Cl)cc2C1. The van der Waals surface area contributed by atoms with Crippen LogP contribution >= 0.6 is 58.0 Å². The lowest BCUT2D eigenvalue weighted by Crippen LogP contribution is -2.18. The van der Waals surface area contributed by atoms with Crippen molar-refractivity contribution < 1.29 is 9.59 Å². The van der Waals surface area contributed by atoms with E-state index >= 15 is 0 Å². The number of nitrogens with one attached hydrogen (secondary N) is 2. The van der Waals surface area contributed by atoms with Crippen molar-refractivity contribution in [3.05, 3.63) is 91.9 Å². The van der Waals surface area contributed by atoms with Crippen LogP contribution in [0.2, 0.25) is 15.1 Å². The highest BCUT2D eigenvalue weighted by atomic mass is 35.5. The molecule has 3 aromatic carbocycles. The lowest BCUT2D eigenvalue weighted by molar-refractivity contribution is -0.117. The molecular weight excluding hydrogens is 564 g/mol. The number of halogens is 5. The largest absolute Gasteiger partial charge is 0.326 e. The molecule has 5 nitrogen and oxygen atoms in total. The Bertz CT molecular complexity index is 1370. The molecule has 0 saturated heterocycles. The predicted molar refractivity (Wildman–Crippen MR) is 147 cm³/mol. The van der Waals surface area contributed by atoms with Gasteiger partial charge in [-0.1, -0.05) is 40.9 Å².